The van der Waals surface area contributed by atoms with Crippen LogP contribution in [0.1, 0.15) is 0 Å². The lowest BCUT2D eigenvalue weighted by molar-refractivity contribution is 0.592. The van der Waals surface area contributed by atoms with E-state index in [1.54, 1.807) is 25.2 Å². The quantitative estimate of drug-likeness (QED) is 0.612. The van der Waals surface area contributed by atoms with Crippen molar-refractivity contribution in [2.24, 2.45) is 0 Å². The molecule has 1 aromatic carbocycles. The van der Waals surface area contributed by atoms with Gasteiger partial charge in [-0.15, -0.1) is 16.4 Å². The van der Waals surface area contributed by atoms with E-state index in [1.807, 2.05) is 11.4 Å². The Labute approximate surface area is 135 Å². The van der Waals surface area contributed by atoms with Crippen LogP contribution in [0.4, 0.5) is 5.82 Å². The van der Waals surface area contributed by atoms with Crippen LogP contribution in [0.2, 0.25) is 0 Å². The van der Waals surface area contributed by atoms with Gasteiger partial charge in [0.1, 0.15) is 5.82 Å². The zero-order valence-corrected chi connectivity index (χ0v) is 13.6. The van der Waals surface area contributed by atoms with Crippen LogP contribution in [-0.2, 0) is 9.84 Å². The van der Waals surface area contributed by atoms with Gasteiger partial charge in [-0.1, -0.05) is 23.4 Å². The van der Waals surface area contributed by atoms with E-state index in [1.165, 1.54) is 28.0 Å². The van der Waals surface area contributed by atoms with E-state index in [4.69, 9.17) is 0 Å². The molecule has 0 fully saturated rings. The molecule has 0 bridgehead atoms. The molecule has 0 aliphatic carbocycles. The molecule has 0 amide bonds. The normalized spacial score (nSPS) is 12.0. The van der Waals surface area contributed by atoms with E-state index in [0.29, 0.717) is 5.82 Å². The number of aromatic nitrogens is 4. The van der Waals surface area contributed by atoms with Gasteiger partial charge in [0.25, 0.3) is 0 Å². The molecule has 4 aromatic rings. The molecule has 116 valence electrons. The minimum atomic E-state index is -3.78. The lowest BCUT2D eigenvalue weighted by Crippen LogP contribution is -2.05. The molecule has 0 saturated carbocycles. The van der Waals surface area contributed by atoms with Gasteiger partial charge >= 0.3 is 0 Å². The highest BCUT2D eigenvalue weighted by Crippen LogP contribution is 2.30. The Kier molecular flexibility index (Phi) is 3.06. The minimum absolute atomic E-state index is 0.145. The van der Waals surface area contributed by atoms with Crippen LogP contribution in [-0.4, -0.2) is 35.3 Å². The Morgan fingerprint density at radius 2 is 1.96 bits per heavy atom. The van der Waals surface area contributed by atoms with Gasteiger partial charge in [0.05, 0.1) is 15.1 Å². The molecular weight excluding hydrogens is 334 g/mol. The number of nitrogens with one attached hydrogen (secondary N) is 1. The molecule has 1 N–H and O–H groups in total. The van der Waals surface area contributed by atoms with Crippen molar-refractivity contribution < 1.29 is 8.42 Å². The predicted molar refractivity (Wildman–Crippen MR) is 87.6 cm³/mol. The summed E-state index contributed by atoms with van der Waals surface area (Å²) in [6.45, 7) is 0. The van der Waals surface area contributed by atoms with E-state index < -0.39 is 9.84 Å². The van der Waals surface area contributed by atoms with Gasteiger partial charge in [-0.25, -0.2) is 13.4 Å². The van der Waals surface area contributed by atoms with Gasteiger partial charge in [0, 0.05) is 7.05 Å². The number of benzene rings is 1. The van der Waals surface area contributed by atoms with Crippen molar-refractivity contribution in [3.63, 3.8) is 0 Å². The number of sulfone groups is 1. The summed E-state index contributed by atoms with van der Waals surface area (Å²) in [4.78, 5) is 4.57. The summed E-state index contributed by atoms with van der Waals surface area (Å²) in [6, 6.07) is 10.0. The number of anilines is 1. The second-order valence-electron chi connectivity index (χ2n) is 4.79. The monoisotopic (exact) mass is 345 g/mol. The van der Waals surface area contributed by atoms with E-state index in [-0.39, 0.29) is 15.6 Å². The zero-order valence-electron chi connectivity index (χ0n) is 12.0. The molecule has 0 atom stereocenters. The Balaban J connectivity index is 2.06. The molecule has 3 heterocycles. The number of rotatable bonds is 3. The molecule has 0 spiro atoms. The van der Waals surface area contributed by atoms with E-state index in [9.17, 15) is 8.42 Å². The lowest BCUT2D eigenvalue weighted by Gasteiger charge is -2.04. The molecule has 23 heavy (non-hydrogen) atoms. The summed E-state index contributed by atoms with van der Waals surface area (Å²) in [5.41, 5.74) is 0.982. The Hall–Kier alpha value is -2.52. The Morgan fingerprint density at radius 1 is 1.17 bits per heavy atom. The number of fused-ring (bicyclic) bond motifs is 3. The smallest absolute Gasteiger partial charge is 0.229 e. The summed E-state index contributed by atoms with van der Waals surface area (Å²) in [5, 5.41) is 12.6. The number of thiophene rings is 1. The van der Waals surface area contributed by atoms with Gasteiger partial charge in [0.2, 0.25) is 14.9 Å². The number of hydrogen-bond donors (Lipinski definition) is 1. The van der Waals surface area contributed by atoms with Crippen molar-refractivity contribution in [2.75, 3.05) is 12.4 Å². The van der Waals surface area contributed by atoms with Crippen molar-refractivity contribution in [3.8, 4) is 0 Å². The highest BCUT2D eigenvalue weighted by atomic mass is 32.2. The highest BCUT2D eigenvalue weighted by Gasteiger charge is 2.26. The average molecular weight is 345 g/mol. The fraction of sp³-hybridized carbons (Fsp3) is 0.0714. The van der Waals surface area contributed by atoms with Crippen molar-refractivity contribution >= 4 is 42.9 Å². The van der Waals surface area contributed by atoms with Crippen molar-refractivity contribution in [2.45, 2.75) is 9.92 Å². The molecule has 7 nitrogen and oxygen atoms in total. The first-order valence-corrected chi connectivity index (χ1v) is 9.09. The van der Waals surface area contributed by atoms with Crippen molar-refractivity contribution in [1.29, 1.82) is 0 Å². The summed E-state index contributed by atoms with van der Waals surface area (Å²) >= 11 is 1.50. The molecule has 0 radical (unpaired) electrons. The fourth-order valence-electron chi connectivity index (χ4n) is 2.38. The van der Waals surface area contributed by atoms with Crippen LogP contribution in [0.5, 0.6) is 0 Å². The van der Waals surface area contributed by atoms with Crippen LogP contribution in [0.15, 0.2) is 51.7 Å². The summed E-state index contributed by atoms with van der Waals surface area (Å²) in [6.07, 6.45) is 0. The molecule has 3 aromatic heterocycles. The van der Waals surface area contributed by atoms with E-state index >= 15 is 0 Å². The molecular formula is C14H11N5O2S2. The highest BCUT2D eigenvalue weighted by molar-refractivity contribution is 7.91. The number of hydrogen-bond acceptors (Lipinski definition) is 7. The second-order valence-corrected chi connectivity index (χ2v) is 7.57. The maximum absolute atomic E-state index is 12.8. The van der Waals surface area contributed by atoms with Gasteiger partial charge < -0.3 is 5.32 Å². The fourth-order valence-corrected chi connectivity index (χ4v) is 4.50. The summed E-state index contributed by atoms with van der Waals surface area (Å²) in [5.74, 6) is 0.606. The first-order valence-electron chi connectivity index (χ1n) is 6.73. The van der Waals surface area contributed by atoms with Crippen molar-refractivity contribution in [3.05, 3.63) is 41.8 Å². The SMILES string of the molecule is CNc1nc2c(S(=O)(=O)c3ccccc3)nnn2c2ccsc12. The molecule has 0 unspecified atom stereocenters. The van der Waals surface area contributed by atoms with Crippen LogP contribution < -0.4 is 5.32 Å². The third kappa shape index (κ3) is 2.01. The standard InChI is InChI=1S/C14H11N5O2S2/c1-15-12-11-10(7-8-22-11)19-13(16-12)14(17-18-19)23(20,21)9-5-3-2-4-6-9/h2-8H,1H3,(H,15,16). The Morgan fingerprint density at radius 3 is 2.70 bits per heavy atom. The molecule has 0 aliphatic rings. The summed E-state index contributed by atoms with van der Waals surface area (Å²) in [7, 11) is -2.04. The second kappa shape index (κ2) is 5.00. The maximum Gasteiger partial charge on any atom is 0.229 e. The first-order chi connectivity index (χ1) is 11.1. The maximum atomic E-state index is 12.8. The largest absolute Gasteiger partial charge is 0.372 e. The lowest BCUT2D eigenvalue weighted by atomic mass is 10.4. The van der Waals surface area contributed by atoms with Crippen LogP contribution in [0.25, 0.3) is 15.9 Å². The molecule has 0 saturated heterocycles. The third-order valence-electron chi connectivity index (χ3n) is 3.47. The van der Waals surface area contributed by atoms with Gasteiger partial charge in [-0.3, -0.25) is 0 Å². The number of nitrogens with zero attached hydrogens (tertiary/aromatic N) is 4. The van der Waals surface area contributed by atoms with Crippen molar-refractivity contribution in [1.82, 2.24) is 19.8 Å². The topological polar surface area (TPSA) is 89.2 Å². The first kappa shape index (κ1) is 14.1. The van der Waals surface area contributed by atoms with Gasteiger partial charge in [-0.2, -0.15) is 4.52 Å². The van der Waals surface area contributed by atoms with Crippen LogP contribution >= 0.6 is 11.3 Å². The predicted octanol–water partition coefficient (Wildman–Crippen LogP) is 2.21. The molecule has 0 aliphatic heterocycles. The van der Waals surface area contributed by atoms with Gasteiger partial charge in [-0.05, 0) is 23.6 Å². The van der Waals surface area contributed by atoms with Crippen LogP contribution in [0.3, 0.4) is 0 Å². The third-order valence-corrected chi connectivity index (χ3v) is 6.04. The summed E-state index contributed by atoms with van der Waals surface area (Å²) < 4.78 is 28.0. The van der Waals surface area contributed by atoms with Gasteiger partial charge in [0.15, 0.2) is 5.65 Å². The molecule has 4 rings (SSSR count). The zero-order chi connectivity index (χ0) is 16.0. The van der Waals surface area contributed by atoms with E-state index in [0.717, 1.165) is 10.2 Å². The minimum Gasteiger partial charge on any atom is -0.372 e. The Bertz CT molecular complexity index is 1120. The van der Waals surface area contributed by atoms with Crippen LogP contribution in [0, 0.1) is 0 Å². The van der Waals surface area contributed by atoms with E-state index in [2.05, 4.69) is 20.6 Å². The molecule has 9 heteroatoms. The average Bonchev–Trinajstić information content (AvgIpc) is 3.21.